The summed E-state index contributed by atoms with van der Waals surface area (Å²) in [6, 6.07) is 13.0. The van der Waals surface area contributed by atoms with Gasteiger partial charge in [0.25, 0.3) is 5.91 Å². The Morgan fingerprint density at radius 1 is 1.30 bits per heavy atom. The Bertz CT molecular complexity index is 1230. The molecule has 1 aliphatic heterocycles. The van der Waals surface area contributed by atoms with Gasteiger partial charge in [0.15, 0.2) is 17.1 Å². The van der Waals surface area contributed by atoms with Crippen molar-refractivity contribution >= 4 is 22.8 Å². The van der Waals surface area contributed by atoms with Crippen molar-refractivity contribution in [3.05, 3.63) is 53.9 Å². The van der Waals surface area contributed by atoms with E-state index in [0.29, 0.717) is 36.1 Å². The number of benzene rings is 1. The van der Waals surface area contributed by atoms with Crippen molar-refractivity contribution in [2.75, 3.05) is 25.9 Å². The number of likely N-dealkylation sites (tertiary alicyclic amines) is 1. The fourth-order valence-corrected chi connectivity index (χ4v) is 3.80. The highest BCUT2D eigenvalue weighted by Gasteiger charge is 2.30. The molecular formula is C21H20N6O3. The summed E-state index contributed by atoms with van der Waals surface area (Å²) < 4.78 is 10.6. The van der Waals surface area contributed by atoms with E-state index in [1.54, 1.807) is 18.1 Å². The van der Waals surface area contributed by atoms with Crippen LogP contribution in [-0.4, -0.2) is 51.3 Å². The molecule has 4 aromatic rings. The first kappa shape index (κ1) is 18.2. The molecule has 9 nitrogen and oxygen atoms in total. The third-order valence-electron chi connectivity index (χ3n) is 5.45. The van der Waals surface area contributed by atoms with Crippen LogP contribution in [0.3, 0.4) is 0 Å². The normalized spacial score (nSPS) is 16.3. The van der Waals surface area contributed by atoms with Crippen LogP contribution in [0.5, 0.6) is 5.75 Å². The summed E-state index contributed by atoms with van der Waals surface area (Å²) in [6.45, 7) is 1.20. The lowest BCUT2D eigenvalue weighted by Crippen LogP contribution is -2.28. The van der Waals surface area contributed by atoms with E-state index in [0.717, 1.165) is 23.1 Å². The number of methoxy groups -OCH3 is 1. The number of nitrogens with two attached hydrogens (primary N) is 1. The molecule has 1 unspecified atom stereocenters. The molecule has 0 saturated carbocycles. The van der Waals surface area contributed by atoms with Crippen molar-refractivity contribution in [1.29, 1.82) is 0 Å². The molecule has 1 amide bonds. The number of anilines is 1. The van der Waals surface area contributed by atoms with Crippen molar-refractivity contribution < 1.29 is 14.1 Å². The third kappa shape index (κ3) is 3.14. The van der Waals surface area contributed by atoms with Crippen LogP contribution in [0, 0.1) is 0 Å². The van der Waals surface area contributed by atoms with E-state index < -0.39 is 0 Å². The Kier molecular flexibility index (Phi) is 4.35. The zero-order chi connectivity index (χ0) is 20.7. The average molecular weight is 404 g/mol. The van der Waals surface area contributed by atoms with Crippen molar-refractivity contribution in [3.8, 4) is 17.1 Å². The molecule has 3 N–H and O–H groups in total. The van der Waals surface area contributed by atoms with Crippen LogP contribution >= 0.6 is 0 Å². The van der Waals surface area contributed by atoms with Gasteiger partial charge < -0.3 is 19.9 Å². The molecule has 4 heterocycles. The van der Waals surface area contributed by atoms with Crippen LogP contribution in [0.2, 0.25) is 0 Å². The number of aromatic amines is 1. The minimum Gasteiger partial charge on any atom is -0.497 e. The number of hydrogen-bond acceptors (Lipinski definition) is 7. The molecule has 152 valence electrons. The Balaban J connectivity index is 1.31. The minimum absolute atomic E-state index is 0.140. The van der Waals surface area contributed by atoms with Gasteiger partial charge in [-0.05, 0) is 30.7 Å². The number of nitrogens with zero attached hydrogens (tertiary/aromatic N) is 4. The topological polar surface area (TPSA) is 123 Å². The van der Waals surface area contributed by atoms with Gasteiger partial charge in [-0.3, -0.25) is 9.89 Å². The largest absolute Gasteiger partial charge is 0.497 e. The molecule has 9 heteroatoms. The Labute approximate surface area is 171 Å². The molecule has 5 rings (SSSR count). The van der Waals surface area contributed by atoms with Crippen LogP contribution in [0.15, 0.2) is 47.0 Å². The number of ether oxygens (including phenoxy) is 1. The van der Waals surface area contributed by atoms with Gasteiger partial charge in [-0.25, -0.2) is 4.98 Å². The molecule has 1 aliphatic rings. The van der Waals surface area contributed by atoms with E-state index in [1.165, 1.54) is 0 Å². The number of nitrogen functional groups attached to an aromatic ring is 1. The van der Waals surface area contributed by atoms with E-state index in [1.807, 2.05) is 36.4 Å². The molecule has 0 aliphatic carbocycles. The van der Waals surface area contributed by atoms with E-state index in [2.05, 4.69) is 20.3 Å². The monoisotopic (exact) mass is 404 g/mol. The maximum absolute atomic E-state index is 12.9. The van der Waals surface area contributed by atoms with Gasteiger partial charge in [-0.2, -0.15) is 5.10 Å². The summed E-state index contributed by atoms with van der Waals surface area (Å²) in [7, 11) is 1.60. The van der Waals surface area contributed by atoms with Gasteiger partial charge in [0.1, 0.15) is 11.6 Å². The van der Waals surface area contributed by atoms with E-state index in [4.69, 9.17) is 15.0 Å². The van der Waals surface area contributed by atoms with E-state index in [9.17, 15) is 4.79 Å². The highest BCUT2D eigenvalue weighted by Crippen LogP contribution is 2.30. The van der Waals surface area contributed by atoms with Crippen LogP contribution in [0.4, 0.5) is 5.82 Å². The Morgan fingerprint density at radius 2 is 2.20 bits per heavy atom. The highest BCUT2D eigenvalue weighted by atomic mass is 16.5. The lowest BCUT2D eigenvalue weighted by molar-refractivity contribution is 0.0780. The molecular weight excluding hydrogens is 384 g/mol. The van der Waals surface area contributed by atoms with Crippen LogP contribution in [-0.2, 0) is 0 Å². The van der Waals surface area contributed by atoms with Crippen LogP contribution < -0.4 is 10.5 Å². The maximum atomic E-state index is 12.9. The van der Waals surface area contributed by atoms with Gasteiger partial charge in [-0.1, -0.05) is 17.3 Å². The summed E-state index contributed by atoms with van der Waals surface area (Å²) in [5.74, 6) is 1.73. The maximum Gasteiger partial charge on any atom is 0.276 e. The van der Waals surface area contributed by atoms with Crippen LogP contribution in [0.25, 0.3) is 22.4 Å². The number of H-pyrrole nitrogens is 1. The first-order valence-electron chi connectivity index (χ1n) is 9.63. The molecule has 1 aromatic carbocycles. The molecule has 30 heavy (non-hydrogen) atoms. The molecule has 0 bridgehead atoms. The first-order valence-corrected chi connectivity index (χ1v) is 9.63. The molecule has 1 saturated heterocycles. The van der Waals surface area contributed by atoms with Gasteiger partial charge in [-0.15, -0.1) is 0 Å². The van der Waals surface area contributed by atoms with Crippen LogP contribution in [0.1, 0.15) is 28.5 Å². The van der Waals surface area contributed by atoms with E-state index in [-0.39, 0.29) is 17.5 Å². The third-order valence-corrected chi connectivity index (χ3v) is 5.45. The highest BCUT2D eigenvalue weighted by molar-refractivity contribution is 5.93. The smallest absolute Gasteiger partial charge is 0.276 e. The molecule has 3 aromatic heterocycles. The van der Waals surface area contributed by atoms with Crippen molar-refractivity contribution in [3.63, 3.8) is 0 Å². The number of aromatic nitrogens is 4. The molecule has 1 atom stereocenters. The number of rotatable bonds is 4. The number of carbonyl (C=O) groups is 1. The SMILES string of the molecule is COc1cccc(-c2cc(C(=O)N3CCC(c4ccc5c(N)[nH]nc5n4)C3)no2)c1. The predicted molar refractivity (Wildman–Crippen MR) is 110 cm³/mol. The molecule has 1 fully saturated rings. The van der Waals surface area contributed by atoms with Gasteiger partial charge in [0, 0.05) is 36.3 Å². The fourth-order valence-electron chi connectivity index (χ4n) is 3.80. The number of amides is 1. The summed E-state index contributed by atoms with van der Waals surface area (Å²) in [6.07, 6.45) is 0.824. The van der Waals surface area contributed by atoms with Gasteiger partial charge in [0.05, 0.1) is 12.5 Å². The number of fused-ring (bicyclic) bond motifs is 1. The summed E-state index contributed by atoms with van der Waals surface area (Å²) in [5, 5.41) is 11.6. The molecule has 0 radical (unpaired) electrons. The fraction of sp³-hybridized carbons (Fsp3) is 0.238. The van der Waals surface area contributed by atoms with E-state index >= 15 is 0 Å². The zero-order valence-electron chi connectivity index (χ0n) is 16.3. The Hall–Kier alpha value is -3.88. The summed E-state index contributed by atoms with van der Waals surface area (Å²) >= 11 is 0. The second-order valence-corrected chi connectivity index (χ2v) is 7.29. The number of hydrogen-bond donors (Lipinski definition) is 2. The summed E-state index contributed by atoms with van der Waals surface area (Å²) in [5.41, 5.74) is 8.42. The minimum atomic E-state index is -0.152. The standard InChI is InChI=1S/C21H20N6O3/c1-29-14-4-2-3-12(9-14)18-10-17(26-30-18)21(28)27-8-7-13(11-27)16-6-5-15-19(22)24-25-20(15)23-16/h2-6,9-10,13H,7-8,11H2,1H3,(H3,22,23,24,25). The molecule has 0 spiro atoms. The van der Waals surface area contributed by atoms with Gasteiger partial charge in [0.2, 0.25) is 0 Å². The quantitative estimate of drug-likeness (QED) is 0.536. The number of pyridine rings is 1. The Morgan fingerprint density at radius 3 is 3.07 bits per heavy atom. The average Bonchev–Trinajstić information content (AvgIpc) is 3.53. The second kappa shape index (κ2) is 7.18. The predicted octanol–water partition coefficient (Wildman–Crippen LogP) is 2.83. The number of nitrogens with one attached hydrogen (secondary N) is 1. The lowest BCUT2D eigenvalue weighted by Gasteiger charge is -2.14. The first-order chi connectivity index (χ1) is 14.6. The second-order valence-electron chi connectivity index (χ2n) is 7.29. The number of carbonyl (C=O) groups excluding carboxylic acids is 1. The lowest BCUT2D eigenvalue weighted by atomic mass is 10.0. The van der Waals surface area contributed by atoms with Crippen molar-refractivity contribution in [2.24, 2.45) is 0 Å². The van der Waals surface area contributed by atoms with Gasteiger partial charge >= 0.3 is 0 Å². The zero-order valence-corrected chi connectivity index (χ0v) is 16.3. The van der Waals surface area contributed by atoms with Crippen molar-refractivity contribution in [2.45, 2.75) is 12.3 Å². The van der Waals surface area contributed by atoms with Crippen molar-refractivity contribution in [1.82, 2.24) is 25.2 Å². The summed E-state index contributed by atoms with van der Waals surface area (Å²) in [4.78, 5) is 19.3.